The summed E-state index contributed by atoms with van der Waals surface area (Å²) in [6.45, 7) is 0. The Balaban J connectivity index is 1.55. The van der Waals surface area contributed by atoms with Gasteiger partial charge in [0.05, 0.1) is 28.4 Å². The summed E-state index contributed by atoms with van der Waals surface area (Å²) in [5, 5.41) is 30.9. The third kappa shape index (κ3) is 6.83. The molecule has 8 heteroatoms. The minimum Gasteiger partial charge on any atom is -0.504 e. The van der Waals surface area contributed by atoms with Gasteiger partial charge in [0.25, 0.3) is 0 Å². The van der Waals surface area contributed by atoms with Gasteiger partial charge in [-0.2, -0.15) is 0 Å². The molecule has 0 atom stereocenters. The van der Waals surface area contributed by atoms with Crippen molar-refractivity contribution in [3.8, 4) is 51.7 Å². The number of phenols is 3. The molecule has 0 saturated heterocycles. The number of aromatic hydroxyl groups is 3. The van der Waals surface area contributed by atoms with E-state index in [1.807, 2.05) is 30.3 Å². The Morgan fingerprint density at radius 1 is 0.475 bits per heavy atom. The molecular formula is C32H34O8. The first-order valence-electron chi connectivity index (χ1n) is 12.8. The normalized spacial score (nSPS) is 10.7. The molecule has 0 unspecified atom stereocenters. The molecule has 4 aromatic rings. The van der Waals surface area contributed by atoms with Crippen molar-refractivity contribution in [1.29, 1.82) is 0 Å². The maximum absolute atomic E-state index is 10.7. The van der Waals surface area contributed by atoms with E-state index in [2.05, 4.69) is 6.07 Å². The average Bonchev–Trinajstić information content (AvgIpc) is 2.95. The molecule has 8 nitrogen and oxygen atoms in total. The Labute approximate surface area is 233 Å². The molecule has 4 rings (SSSR count). The summed E-state index contributed by atoms with van der Waals surface area (Å²) >= 11 is 0. The molecule has 4 aromatic carbocycles. The summed E-state index contributed by atoms with van der Waals surface area (Å²) in [6.07, 6.45) is 2.55. The lowest BCUT2D eigenvalue weighted by molar-refractivity contribution is 0.344. The molecule has 0 spiro atoms. The predicted octanol–water partition coefficient (Wildman–Crippen LogP) is 6.20. The van der Waals surface area contributed by atoms with E-state index in [1.54, 1.807) is 44.6 Å². The molecule has 210 valence electrons. The first-order chi connectivity index (χ1) is 19.3. The Kier molecular flexibility index (Phi) is 9.11. The van der Waals surface area contributed by atoms with Gasteiger partial charge < -0.3 is 39.0 Å². The number of methoxy groups -OCH3 is 4. The Morgan fingerprint density at radius 2 is 0.975 bits per heavy atom. The highest BCUT2D eigenvalue weighted by Gasteiger charge is 2.16. The van der Waals surface area contributed by atoms with Crippen LogP contribution < -0.4 is 23.7 Å². The van der Waals surface area contributed by atoms with Crippen LogP contribution in [0.25, 0.3) is 0 Å². The second-order valence-electron chi connectivity index (χ2n) is 9.28. The number of hydrogen-bond acceptors (Lipinski definition) is 8. The second kappa shape index (κ2) is 12.9. The van der Waals surface area contributed by atoms with Crippen LogP contribution in [-0.2, 0) is 25.7 Å². The highest BCUT2D eigenvalue weighted by molar-refractivity contribution is 5.56. The van der Waals surface area contributed by atoms with Crippen molar-refractivity contribution in [1.82, 2.24) is 0 Å². The summed E-state index contributed by atoms with van der Waals surface area (Å²) < 4.78 is 27.5. The van der Waals surface area contributed by atoms with Crippen LogP contribution in [0, 0.1) is 0 Å². The molecule has 40 heavy (non-hydrogen) atoms. The minimum atomic E-state index is -0.140. The third-order valence-electron chi connectivity index (χ3n) is 6.55. The molecule has 3 N–H and O–H groups in total. The predicted molar refractivity (Wildman–Crippen MR) is 152 cm³/mol. The first-order valence-corrected chi connectivity index (χ1v) is 12.8. The van der Waals surface area contributed by atoms with Crippen LogP contribution in [0.5, 0.6) is 51.7 Å². The van der Waals surface area contributed by atoms with E-state index in [9.17, 15) is 15.3 Å². The van der Waals surface area contributed by atoms with Gasteiger partial charge in [0.15, 0.2) is 23.0 Å². The minimum absolute atomic E-state index is 0.0303. The van der Waals surface area contributed by atoms with Crippen molar-refractivity contribution in [3.05, 3.63) is 89.0 Å². The van der Waals surface area contributed by atoms with E-state index in [0.717, 1.165) is 35.3 Å². The fraction of sp³-hybridized carbons (Fsp3) is 0.250. The van der Waals surface area contributed by atoms with E-state index < -0.39 is 0 Å². The SMILES string of the molecule is COc1cccc(CCc2cc(OC)cc(Oc3cc(CCc4cc(O)c(OC)c(O)c4)cc(O)c3OC)c2)c1. The number of benzene rings is 4. The van der Waals surface area contributed by atoms with Crippen molar-refractivity contribution in [2.75, 3.05) is 28.4 Å². The van der Waals surface area contributed by atoms with Gasteiger partial charge in [-0.3, -0.25) is 0 Å². The second-order valence-corrected chi connectivity index (χ2v) is 9.28. The molecule has 0 heterocycles. The van der Waals surface area contributed by atoms with Gasteiger partial charge in [-0.15, -0.1) is 0 Å². The van der Waals surface area contributed by atoms with Gasteiger partial charge in [-0.05, 0) is 96.5 Å². The van der Waals surface area contributed by atoms with Crippen molar-refractivity contribution in [2.45, 2.75) is 25.7 Å². The smallest absolute Gasteiger partial charge is 0.203 e. The number of aryl methyl sites for hydroxylation is 4. The van der Waals surface area contributed by atoms with Crippen molar-refractivity contribution in [3.63, 3.8) is 0 Å². The molecule has 0 fully saturated rings. The number of ether oxygens (including phenoxy) is 5. The van der Waals surface area contributed by atoms with Crippen molar-refractivity contribution >= 4 is 0 Å². The molecule has 0 radical (unpaired) electrons. The molecule has 0 amide bonds. The Hall–Kier alpha value is -4.72. The standard InChI is InChI=1S/C32H34O8/c1-36-24-7-5-6-20(12-24)8-9-21-13-25(37-2)19-26(14-21)40-30-18-23(17-29(35)32(30)39-4)11-10-22-15-27(33)31(38-3)28(34)16-22/h5-7,12-19,33-35H,8-11H2,1-4H3. The van der Waals surface area contributed by atoms with Gasteiger partial charge in [-0.1, -0.05) is 12.1 Å². The largest absolute Gasteiger partial charge is 0.504 e. The first kappa shape index (κ1) is 28.3. The van der Waals surface area contributed by atoms with Gasteiger partial charge in [0.2, 0.25) is 11.5 Å². The van der Waals surface area contributed by atoms with E-state index in [1.165, 1.54) is 14.2 Å². The van der Waals surface area contributed by atoms with Crippen molar-refractivity contribution in [2.24, 2.45) is 0 Å². The van der Waals surface area contributed by atoms with Gasteiger partial charge in [-0.25, -0.2) is 0 Å². The third-order valence-corrected chi connectivity index (χ3v) is 6.55. The molecule has 0 saturated carbocycles. The van der Waals surface area contributed by atoms with Gasteiger partial charge >= 0.3 is 0 Å². The summed E-state index contributed by atoms with van der Waals surface area (Å²) in [5.41, 5.74) is 3.67. The Morgan fingerprint density at radius 3 is 1.57 bits per heavy atom. The summed E-state index contributed by atoms with van der Waals surface area (Å²) in [4.78, 5) is 0. The number of rotatable bonds is 12. The van der Waals surface area contributed by atoms with E-state index >= 15 is 0 Å². The summed E-state index contributed by atoms with van der Waals surface area (Å²) in [7, 11) is 6.10. The van der Waals surface area contributed by atoms with Gasteiger partial charge in [0, 0.05) is 6.07 Å². The Bertz CT molecular complexity index is 1440. The molecule has 0 aliphatic rings. The van der Waals surface area contributed by atoms with Gasteiger partial charge in [0.1, 0.15) is 17.2 Å². The van der Waals surface area contributed by atoms with Crippen LogP contribution >= 0.6 is 0 Å². The van der Waals surface area contributed by atoms with Crippen LogP contribution in [0.2, 0.25) is 0 Å². The monoisotopic (exact) mass is 546 g/mol. The molecule has 0 aliphatic heterocycles. The highest BCUT2D eigenvalue weighted by Crippen LogP contribution is 2.42. The number of hydrogen-bond donors (Lipinski definition) is 3. The van der Waals surface area contributed by atoms with Crippen LogP contribution in [0.3, 0.4) is 0 Å². The van der Waals surface area contributed by atoms with E-state index in [-0.39, 0.29) is 28.7 Å². The fourth-order valence-corrected chi connectivity index (χ4v) is 4.56. The quantitative estimate of drug-likeness (QED) is 0.193. The fourth-order valence-electron chi connectivity index (χ4n) is 4.56. The summed E-state index contributed by atoms with van der Waals surface area (Å²) in [5.74, 6) is 2.27. The lowest BCUT2D eigenvalue weighted by Gasteiger charge is -2.16. The average molecular weight is 547 g/mol. The van der Waals surface area contributed by atoms with Crippen LogP contribution in [0.4, 0.5) is 0 Å². The highest BCUT2D eigenvalue weighted by atomic mass is 16.5. The lowest BCUT2D eigenvalue weighted by atomic mass is 10.0. The van der Waals surface area contributed by atoms with Crippen molar-refractivity contribution < 1.29 is 39.0 Å². The maximum atomic E-state index is 10.7. The van der Waals surface area contributed by atoms with E-state index in [4.69, 9.17) is 23.7 Å². The van der Waals surface area contributed by atoms with Crippen LogP contribution in [-0.4, -0.2) is 43.8 Å². The molecule has 0 aromatic heterocycles. The topological polar surface area (TPSA) is 107 Å². The molecule has 0 bridgehead atoms. The zero-order valence-corrected chi connectivity index (χ0v) is 23.1. The number of phenolic OH excluding ortho intramolecular Hbond substituents is 3. The van der Waals surface area contributed by atoms with Crippen LogP contribution in [0.15, 0.2) is 66.7 Å². The van der Waals surface area contributed by atoms with E-state index in [0.29, 0.717) is 35.7 Å². The lowest BCUT2D eigenvalue weighted by Crippen LogP contribution is -1.98. The zero-order valence-electron chi connectivity index (χ0n) is 23.1. The molecule has 0 aliphatic carbocycles. The zero-order chi connectivity index (χ0) is 28.6. The summed E-state index contributed by atoms with van der Waals surface area (Å²) in [6, 6.07) is 20.2. The van der Waals surface area contributed by atoms with Crippen LogP contribution in [0.1, 0.15) is 22.3 Å². The maximum Gasteiger partial charge on any atom is 0.203 e. The molecular weight excluding hydrogens is 512 g/mol.